The van der Waals surface area contributed by atoms with E-state index in [0.717, 1.165) is 25.5 Å². The monoisotopic (exact) mass is 290 g/mol. The minimum atomic E-state index is 0.121. The Kier molecular flexibility index (Phi) is 4.89. The number of nitrogens with zero attached hydrogens (tertiary/aromatic N) is 3. The molecule has 1 fully saturated rings. The summed E-state index contributed by atoms with van der Waals surface area (Å²) in [7, 11) is 2.22. The largest absolute Gasteiger partial charge is 0.353 e. The summed E-state index contributed by atoms with van der Waals surface area (Å²) in [5, 5.41) is 3.57. The van der Waals surface area contributed by atoms with E-state index in [-0.39, 0.29) is 5.54 Å². The van der Waals surface area contributed by atoms with Gasteiger partial charge in [0.2, 0.25) is 0 Å². The molecule has 4 nitrogen and oxygen atoms in total. The van der Waals surface area contributed by atoms with Crippen molar-refractivity contribution in [1.82, 2.24) is 15.2 Å². The van der Waals surface area contributed by atoms with Crippen molar-refractivity contribution < 1.29 is 0 Å². The number of hydrogen-bond donors (Lipinski definition) is 1. The van der Waals surface area contributed by atoms with Gasteiger partial charge in [0.15, 0.2) is 0 Å². The molecule has 1 saturated heterocycles. The highest BCUT2D eigenvalue weighted by molar-refractivity contribution is 5.47. The molecule has 118 valence electrons. The van der Waals surface area contributed by atoms with Gasteiger partial charge < -0.3 is 10.2 Å². The second-order valence-electron chi connectivity index (χ2n) is 7.36. The van der Waals surface area contributed by atoms with Gasteiger partial charge in [0.25, 0.3) is 0 Å². The zero-order valence-electron chi connectivity index (χ0n) is 14.3. The molecule has 0 aromatic carbocycles. The molecule has 2 heterocycles. The van der Waals surface area contributed by atoms with E-state index in [1.165, 1.54) is 5.56 Å². The Balaban J connectivity index is 2.16. The molecule has 0 radical (unpaired) electrons. The third-order valence-corrected chi connectivity index (χ3v) is 4.34. The summed E-state index contributed by atoms with van der Waals surface area (Å²) >= 11 is 0. The Morgan fingerprint density at radius 3 is 2.43 bits per heavy atom. The minimum absolute atomic E-state index is 0.121. The van der Waals surface area contributed by atoms with Crippen LogP contribution in [0.4, 0.5) is 5.82 Å². The number of pyridine rings is 1. The first-order valence-electron chi connectivity index (χ1n) is 7.94. The van der Waals surface area contributed by atoms with E-state index in [1.54, 1.807) is 0 Å². The van der Waals surface area contributed by atoms with Crippen LogP contribution in [0.2, 0.25) is 0 Å². The van der Waals surface area contributed by atoms with Crippen molar-refractivity contribution in [2.75, 3.05) is 25.0 Å². The number of rotatable bonds is 3. The molecule has 0 saturated carbocycles. The molecule has 4 heteroatoms. The standard InChI is InChI=1S/C17H30N4/c1-13-11-21(12-14(2)20(13)6)16-15(8-7-9-18-16)10-19-17(3,4)5/h7-9,13-14,19H,10-12H2,1-6H3. The topological polar surface area (TPSA) is 31.4 Å². The van der Waals surface area contributed by atoms with E-state index in [9.17, 15) is 0 Å². The van der Waals surface area contributed by atoms with E-state index in [1.807, 2.05) is 12.3 Å². The Bertz CT molecular complexity index is 454. The van der Waals surface area contributed by atoms with Crippen LogP contribution < -0.4 is 10.2 Å². The van der Waals surface area contributed by atoms with Crippen molar-refractivity contribution in [2.24, 2.45) is 0 Å². The van der Waals surface area contributed by atoms with Gasteiger partial charge in [-0.05, 0) is 47.7 Å². The van der Waals surface area contributed by atoms with Gasteiger partial charge in [-0.3, -0.25) is 4.90 Å². The van der Waals surface area contributed by atoms with Crippen LogP contribution >= 0.6 is 0 Å². The summed E-state index contributed by atoms with van der Waals surface area (Å²) < 4.78 is 0. The first-order chi connectivity index (χ1) is 9.78. The van der Waals surface area contributed by atoms with Gasteiger partial charge in [-0.2, -0.15) is 0 Å². The molecular formula is C17H30N4. The molecule has 1 aliphatic rings. The summed E-state index contributed by atoms with van der Waals surface area (Å²) in [4.78, 5) is 9.55. The first kappa shape index (κ1) is 16.2. The van der Waals surface area contributed by atoms with Gasteiger partial charge in [0.1, 0.15) is 5.82 Å². The Morgan fingerprint density at radius 2 is 1.86 bits per heavy atom. The molecule has 1 aromatic rings. The van der Waals surface area contributed by atoms with Crippen molar-refractivity contribution in [3.8, 4) is 0 Å². The molecule has 0 aliphatic carbocycles. The van der Waals surface area contributed by atoms with E-state index in [2.05, 4.69) is 67.8 Å². The third-order valence-electron chi connectivity index (χ3n) is 4.34. The summed E-state index contributed by atoms with van der Waals surface area (Å²) in [6.07, 6.45) is 1.91. The highest BCUT2D eigenvalue weighted by atomic mass is 15.3. The van der Waals surface area contributed by atoms with Crippen molar-refractivity contribution >= 4 is 5.82 Å². The Morgan fingerprint density at radius 1 is 1.24 bits per heavy atom. The fourth-order valence-corrected chi connectivity index (χ4v) is 2.79. The molecule has 1 aliphatic heterocycles. The van der Waals surface area contributed by atoms with Crippen LogP contribution in [0.5, 0.6) is 0 Å². The van der Waals surface area contributed by atoms with Crippen LogP contribution in [0.3, 0.4) is 0 Å². The fourth-order valence-electron chi connectivity index (χ4n) is 2.79. The second-order valence-corrected chi connectivity index (χ2v) is 7.36. The second kappa shape index (κ2) is 6.32. The van der Waals surface area contributed by atoms with Crippen LogP contribution in [0.15, 0.2) is 18.3 Å². The molecule has 0 spiro atoms. The lowest BCUT2D eigenvalue weighted by atomic mass is 10.1. The van der Waals surface area contributed by atoms with Gasteiger partial charge in [-0.15, -0.1) is 0 Å². The summed E-state index contributed by atoms with van der Waals surface area (Å²) in [6.45, 7) is 14.1. The number of anilines is 1. The predicted molar refractivity (Wildman–Crippen MR) is 89.7 cm³/mol. The number of hydrogen-bond acceptors (Lipinski definition) is 4. The van der Waals surface area contributed by atoms with Gasteiger partial charge in [0, 0.05) is 49.0 Å². The van der Waals surface area contributed by atoms with Crippen LogP contribution in [0.1, 0.15) is 40.2 Å². The van der Waals surface area contributed by atoms with Crippen molar-refractivity contribution in [1.29, 1.82) is 0 Å². The number of likely N-dealkylation sites (N-methyl/N-ethyl adjacent to an activating group) is 1. The first-order valence-corrected chi connectivity index (χ1v) is 7.94. The van der Waals surface area contributed by atoms with Gasteiger partial charge in [0.05, 0.1) is 0 Å². The summed E-state index contributed by atoms with van der Waals surface area (Å²) in [5.74, 6) is 1.14. The quantitative estimate of drug-likeness (QED) is 0.927. The zero-order chi connectivity index (χ0) is 15.6. The number of piperazine rings is 1. The van der Waals surface area contributed by atoms with Crippen LogP contribution in [-0.2, 0) is 6.54 Å². The Labute approximate surface area is 129 Å². The number of aromatic nitrogens is 1. The fraction of sp³-hybridized carbons (Fsp3) is 0.706. The minimum Gasteiger partial charge on any atom is -0.353 e. The van der Waals surface area contributed by atoms with E-state index in [4.69, 9.17) is 0 Å². The van der Waals surface area contributed by atoms with Crippen molar-refractivity contribution in [2.45, 2.75) is 58.8 Å². The van der Waals surface area contributed by atoms with E-state index >= 15 is 0 Å². The van der Waals surface area contributed by atoms with Crippen molar-refractivity contribution in [3.63, 3.8) is 0 Å². The van der Waals surface area contributed by atoms with Crippen LogP contribution in [0.25, 0.3) is 0 Å². The number of nitrogens with one attached hydrogen (secondary N) is 1. The molecule has 2 unspecified atom stereocenters. The molecule has 0 amide bonds. The molecule has 0 bridgehead atoms. The highest BCUT2D eigenvalue weighted by Crippen LogP contribution is 2.23. The average Bonchev–Trinajstić information content (AvgIpc) is 2.41. The maximum Gasteiger partial charge on any atom is 0.133 e. The normalized spacial score (nSPS) is 24.4. The summed E-state index contributed by atoms with van der Waals surface area (Å²) in [6, 6.07) is 5.33. The lowest BCUT2D eigenvalue weighted by Crippen LogP contribution is -2.55. The molecule has 1 N–H and O–H groups in total. The average molecular weight is 290 g/mol. The zero-order valence-corrected chi connectivity index (χ0v) is 14.3. The SMILES string of the molecule is CC1CN(c2ncccc2CNC(C)(C)C)CC(C)N1C. The lowest BCUT2D eigenvalue weighted by molar-refractivity contribution is 0.169. The van der Waals surface area contributed by atoms with Crippen LogP contribution in [-0.4, -0.2) is 47.6 Å². The molecule has 2 rings (SSSR count). The predicted octanol–water partition coefficient (Wildman–Crippen LogP) is 2.50. The van der Waals surface area contributed by atoms with E-state index < -0.39 is 0 Å². The maximum absolute atomic E-state index is 4.66. The van der Waals surface area contributed by atoms with Gasteiger partial charge >= 0.3 is 0 Å². The third kappa shape index (κ3) is 4.17. The smallest absolute Gasteiger partial charge is 0.133 e. The van der Waals surface area contributed by atoms with Crippen LogP contribution in [0, 0.1) is 0 Å². The maximum atomic E-state index is 4.66. The summed E-state index contributed by atoms with van der Waals surface area (Å²) in [5.41, 5.74) is 1.41. The lowest BCUT2D eigenvalue weighted by Gasteiger charge is -2.43. The molecule has 1 aromatic heterocycles. The molecule has 21 heavy (non-hydrogen) atoms. The highest BCUT2D eigenvalue weighted by Gasteiger charge is 2.28. The van der Waals surface area contributed by atoms with Gasteiger partial charge in [-0.25, -0.2) is 4.98 Å². The Hall–Kier alpha value is -1.13. The van der Waals surface area contributed by atoms with Gasteiger partial charge in [-0.1, -0.05) is 6.07 Å². The van der Waals surface area contributed by atoms with Crippen molar-refractivity contribution in [3.05, 3.63) is 23.9 Å². The molecule has 2 atom stereocenters. The molecular weight excluding hydrogens is 260 g/mol. The van der Waals surface area contributed by atoms with E-state index in [0.29, 0.717) is 12.1 Å².